The van der Waals surface area contributed by atoms with E-state index in [1.54, 1.807) is 0 Å². The molecule has 1 saturated carbocycles. The molecule has 1 N–H and O–H groups in total. The Morgan fingerprint density at radius 3 is 2.47 bits per heavy atom. The summed E-state index contributed by atoms with van der Waals surface area (Å²) in [6.45, 7) is 2.70. The highest BCUT2D eigenvalue weighted by Gasteiger charge is 2.38. The van der Waals surface area contributed by atoms with Gasteiger partial charge in [0.1, 0.15) is 0 Å². The summed E-state index contributed by atoms with van der Waals surface area (Å²) in [5.74, 6) is 2.63. The fraction of sp³-hybridized carbons (Fsp3) is 0.867. The first kappa shape index (κ1) is 14.5. The molecule has 0 aromatic carbocycles. The third kappa shape index (κ3) is 4.33. The predicted molar refractivity (Wildman–Crippen MR) is 70.7 cm³/mol. The molecule has 0 bridgehead atoms. The lowest BCUT2D eigenvalue weighted by molar-refractivity contribution is -0.131. The van der Waals surface area contributed by atoms with Crippen molar-refractivity contribution in [1.82, 2.24) is 0 Å². The summed E-state index contributed by atoms with van der Waals surface area (Å²) in [6.07, 6.45) is 14.2. The predicted octanol–water partition coefficient (Wildman–Crippen LogP) is 3.28. The van der Waals surface area contributed by atoms with Gasteiger partial charge in [-0.25, -0.2) is 0 Å². The van der Waals surface area contributed by atoms with E-state index in [0.29, 0.717) is 6.61 Å². The molecule has 0 spiro atoms. The minimum Gasteiger partial charge on any atom is -0.390 e. The number of unbranched alkanes of at least 4 members (excludes halogenated alkanes) is 1. The van der Waals surface area contributed by atoms with Crippen LogP contribution in [0, 0.1) is 12.3 Å². The smallest absolute Gasteiger partial charge is 0.0939 e. The Morgan fingerprint density at radius 2 is 1.94 bits per heavy atom. The van der Waals surface area contributed by atoms with Crippen LogP contribution in [0.3, 0.4) is 0 Å². The monoisotopic (exact) mass is 238 g/mol. The standard InChI is InChI=1S/C15H26O2/c1-3-5-8-11-14(16)15(17-4-2)12-9-6-7-10-13-15/h1,14,16H,4-13H2,2H3. The Balaban J connectivity index is 2.57. The lowest BCUT2D eigenvalue weighted by Gasteiger charge is -2.37. The molecule has 1 fully saturated rings. The molecule has 2 heteroatoms. The quantitative estimate of drug-likeness (QED) is 0.437. The number of terminal acetylenes is 1. The highest BCUT2D eigenvalue weighted by Crippen LogP contribution is 2.35. The number of hydrogen-bond acceptors (Lipinski definition) is 2. The van der Waals surface area contributed by atoms with E-state index in [2.05, 4.69) is 5.92 Å². The van der Waals surface area contributed by atoms with Crippen LogP contribution in [-0.2, 0) is 4.74 Å². The van der Waals surface area contributed by atoms with Crippen LogP contribution in [0.15, 0.2) is 0 Å². The molecular formula is C15H26O2. The molecule has 1 aliphatic carbocycles. The van der Waals surface area contributed by atoms with Crippen LogP contribution in [0.1, 0.15) is 64.7 Å². The van der Waals surface area contributed by atoms with Crippen molar-refractivity contribution < 1.29 is 9.84 Å². The molecular weight excluding hydrogens is 212 g/mol. The van der Waals surface area contributed by atoms with Gasteiger partial charge in [0.2, 0.25) is 0 Å². The van der Waals surface area contributed by atoms with E-state index in [9.17, 15) is 5.11 Å². The van der Waals surface area contributed by atoms with Crippen LogP contribution in [0.25, 0.3) is 0 Å². The maximum Gasteiger partial charge on any atom is 0.0939 e. The van der Waals surface area contributed by atoms with E-state index in [0.717, 1.165) is 32.1 Å². The molecule has 1 unspecified atom stereocenters. The summed E-state index contributed by atoms with van der Waals surface area (Å²) in [5, 5.41) is 10.4. The normalized spacial score (nSPS) is 21.5. The first-order valence-corrected chi connectivity index (χ1v) is 7.00. The highest BCUT2D eigenvalue weighted by molar-refractivity contribution is 4.91. The van der Waals surface area contributed by atoms with Crippen molar-refractivity contribution >= 4 is 0 Å². The van der Waals surface area contributed by atoms with E-state index < -0.39 is 0 Å². The molecule has 0 heterocycles. The van der Waals surface area contributed by atoms with Crippen molar-refractivity contribution in [2.45, 2.75) is 76.4 Å². The number of aliphatic hydroxyl groups is 1. The molecule has 0 saturated heterocycles. The van der Waals surface area contributed by atoms with Gasteiger partial charge in [-0.1, -0.05) is 25.7 Å². The first-order valence-electron chi connectivity index (χ1n) is 7.00. The van der Waals surface area contributed by atoms with E-state index in [-0.39, 0.29) is 11.7 Å². The second kappa shape index (κ2) is 7.74. The van der Waals surface area contributed by atoms with Gasteiger partial charge in [-0.05, 0) is 32.6 Å². The van der Waals surface area contributed by atoms with Gasteiger partial charge in [0.15, 0.2) is 0 Å². The van der Waals surface area contributed by atoms with Crippen LogP contribution in [0.4, 0.5) is 0 Å². The summed E-state index contributed by atoms with van der Waals surface area (Å²) < 4.78 is 5.94. The SMILES string of the molecule is C#CCCCC(O)C1(OCC)CCCCCC1. The fourth-order valence-corrected chi connectivity index (χ4v) is 2.85. The Morgan fingerprint density at radius 1 is 1.29 bits per heavy atom. The Labute approximate surface area is 106 Å². The van der Waals surface area contributed by atoms with Crippen LogP contribution < -0.4 is 0 Å². The van der Waals surface area contributed by atoms with Crippen LogP contribution in [-0.4, -0.2) is 23.4 Å². The Kier molecular flexibility index (Phi) is 6.62. The largest absolute Gasteiger partial charge is 0.390 e. The van der Waals surface area contributed by atoms with Gasteiger partial charge in [-0.15, -0.1) is 12.3 Å². The average molecular weight is 238 g/mol. The Bertz CT molecular complexity index is 234. The molecule has 0 aliphatic heterocycles. The van der Waals surface area contributed by atoms with Gasteiger partial charge in [-0.3, -0.25) is 0 Å². The zero-order chi connectivity index (χ0) is 12.6. The second-order valence-electron chi connectivity index (χ2n) is 5.02. The highest BCUT2D eigenvalue weighted by atomic mass is 16.5. The lowest BCUT2D eigenvalue weighted by atomic mass is 9.85. The zero-order valence-corrected chi connectivity index (χ0v) is 11.1. The number of aliphatic hydroxyl groups excluding tert-OH is 1. The third-order valence-electron chi connectivity index (χ3n) is 3.79. The summed E-state index contributed by atoms with van der Waals surface area (Å²) in [7, 11) is 0. The second-order valence-corrected chi connectivity index (χ2v) is 5.02. The maximum absolute atomic E-state index is 10.4. The van der Waals surface area contributed by atoms with Gasteiger partial charge in [0, 0.05) is 13.0 Å². The van der Waals surface area contributed by atoms with E-state index in [1.165, 1.54) is 25.7 Å². The van der Waals surface area contributed by atoms with Gasteiger partial charge >= 0.3 is 0 Å². The zero-order valence-electron chi connectivity index (χ0n) is 11.1. The number of hydrogen-bond donors (Lipinski definition) is 1. The van der Waals surface area contributed by atoms with Crippen LogP contribution >= 0.6 is 0 Å². The van der Waals surface area contributed by atoms with E-state index >= 15 is 0 Å². The van der Waals surface area contributed by atoms with Gasteiger partial charge < -0.3 is 9.84 Å². The van der Waals surface area contributed by atoms with Gasteiger partial charge in [0.25, 0.3) is 0 Å². The maximum atomic E-state index is 10.4. The minimum atomic E-state index is -0.353. The van der Waals surface area contributed by atoms with Gasteiger partial charge in [-0.2, -0.15) is 0 Å². The third-order valence-corrected chi connectivity index (χ3v) is 3.79. The van der Waals surface area contributed by atoms with E-state index in [4.69, 9.17) is 11.2 Å². The Hall–Kier alpha value is -0.520. The van der Waals surface area contributed by atoms with Crippen molar-refractivity contribution in [3.63, 3.8) is 0 Å². The molecule has 0 aromatic rings. The molecule has 1 rings (SSSR count). The topological polar surface area (TPSA) is 29.5 Å². The molecule has 98 valence electrons. The first-order chi connectivity index (χ1) is 8.25. The molecule has 2 nitrogen and oxygen atoms in total. The summed E-state index contributed by atoms with van der Waals surface area (Å²) in [4.78, 5) is 0. The van der Waals surface area contributed by atoms with Crippen LogP contribution in [0.5, 0.6) is 0 Å². The molecule has 0 aromatic heterocycles. The average Bonchev–Trinajstić information content (AvgIpc) is 2.56. The van der Waals surface area contributed by atoms with Crippen molar-refractivity contribution in [2.24, 2.45) is 0 Å². The minimum absolute atomic E-state index is 0.292. The van der Waals surface area contributed by atoms with E-state index in [1.807, 2.05) is 6.92 Å². The number of ether oxygens (including phenoxy) is 1. The molecule has 0 amide bonds. The lowest BCUT2D eigenvalue weighted by Crippen LogP contribution is -2.44. The van der Waals surface area contributed by atoms with Crippen molar-refractivity contribution in [2.75, 3.05) is 6.61 Å². The molecule has 17 heavy (non-hydrogen) atoms. The van der Waals surface area contributed by atoms with Crippen molar-refractivity contribution in [1.29, 1.82) is 0 Å². The summed E-state index contributed by atoms with van der Waals surface area (Å²) in [6, 6.07) is 0. The number of rotatable bonds is 6. The van der Waals surface area contributed by atoms with Crippen LogP contribution in [0.2, 0.25) is 0 Å². The summed E-state index contributed by atoms with van der Waals surface area (Å²) >= 11 is 0. The summed E-state index contributed by atoms with van der Waals surface area (Å²) in [5.41, 5.74) is -0.292. The van der Waals surface area contributed by atoms with Crippen molar-refractivity contribution in [3.05, 3.63) is 0 Å². The molecule has 0 radical (unpaired) electrons. The molecule has 1 atom stereocenters. The fourth-order valence-electron chi connectivity index (χ4n) is 2.85. The molecule has 1 aliphatic rings. The van der Waals surface area contributed by atoms with Crippen molar-refractivity contribution in [3.8, 4) is 12.3 Å². The van der Waals surface area contributed by atoms with Gasteiger partial charge in [0.05, 0.1) is 11.7 Å².